The molecule has 0 spiro atoms. The molecule has 0 saturated carbocycles. The second-order valence-electron chi connectivity index (χ2n) is 4.10. The van der Waals surface area contributed by atoms with Gasteiger partial charge >= 0.3 is 0 Å². The Balaban J connectivity index is 2.34. The number of aryl methyl sites for hydroxylation is 2. The summed E-state index contributed by atoms with van der Waals surface area (Å²) in [5.41, 5.74) is 4.94. The summed E-state index contributed by atoms with van der Waals surface area (Å²) in [7, 11) is 0. The number of rotatable bonds is 3. The SMILES string of the molecule is Cc1ccc(Sc2nc(NN)c(Cl)cc2Cl)cc1C. The average Bonchev–Trinajstić information content (AvgIpc) is 2.37. The van der Waals surface area contributed by atoms with E-state index in [1.165, 1.54) is 22.9 Å². The molecule has 0 radical (unpaired) electrons. The third-order valence-electron chi connectivity index (χ3n) is 2.73. The number of nitrogens with zero attached hydrogens (tertiary/aromatic N) is 1. The highest BCUT2D eigenvalue weighted by atomic mass is 35.5. The summed E-state index contributed by atoms with van der Waals surface area (Å²) in [5.74, 6) is 5.77. The van der Waals surface area contributed by atoms with Crippen LogP contribution in [0.15, 0.2) is 34.2 Å². The van der Waals surface area contributed by atoms with E-state index in [9.17, 15) is 0 Å². The van der Waals surface area contributed by atoms with Crippen LogP contribution in [0, 0.1) is 13.8 Å². The summed E-state index contributed by atoms with van der Waals surface area (Å²) < 4.78 is 0. The van der Waals surface area contributed by atoms with Crippen LogP contribution in [0.25, 0.3) is 0 Å². The maximum Gasteiger partial charge on any atom is 0.160 e. The number of benzene rings is 1. The second-order valence-corrected chi connectivity index (χ2v) is 5.97. The lowest BCUT2D eigenvalue weighted by molar-refractivity contribution is 1.10. The molecule has 0 atom stereocenters. The molecule has 2 rings (SSSR count). The Bertz CT molecular complexity index is 617. The van der Waals surface area contributed by atoms with Gasteiger partial charge in [0.05, 0.1) is 10.0 Å². The number of aromatic nitrogens is 1. The fourth-order valence-electron chi connectivity index (χ4n) is 1.51. The van der Waals surface area contributed by atoms with Gasteiger partial charge in [-0.1, -0.05) is 41.0 Å². The lowest BCUT2D eigenvalue weighted by Crippen LogP contribution is -2.09. The standard InChI is InChI=1S/C13H13Cl2N3S/c1-7-3-4-9(5-8(7)2)19-13-11(15)6-10(14)12(17-13)18-16/h3-6H,16H2,1-2H3,(H,17,18). The zero-order valence-electron chi connectivity index (χ0n) is 10.5. The Morgan fingerprint density at radius 2 is 1.84 bits per heavy atom. The van der Waals surface area contributed by atoms with Crippen LogP contribution in [0.3, 0.4) is 0 Å². The number of hydrazine groups is 1. The van der Waals surface area contributed by atoms with Gasteiger partial charge < -0.3 is 5.43 Å². The summed E-state index contributed by atoms with van der Waals surface area (Å²) in [6.07, 6.45) is 0. The van der Waals surface area contributed by atoms with E-state index in [0.717, 1.165) is 4.90 Å². The molecule has 3 N–H and O–H groups in total. The van der Waals surface area contributed by atoms with Crippen LogP contribution < -0.4 is 11.3 Å². The minimum atomic E-state index is 0.400. The van der Waals surface area contributed by atoms with E-state index in [-0.39, 0.29) is 0 Å². The van der Waals surface area contributed by atoms with Crippen molar-refractivity contribution in [3.63, 3.8) is 0 Å². The van der Waals surface area contributed by atoms with Crippen LogP contribution in [-0.2, 0) is 0 Å². The topological polar surface area (TPSA) is 50.9 Å². The van der Waals surface area contributed by atoms with Gasteiger partial charge in [-0.05, 0) is 43.2 Å². The van der Waals surface area contributed by atoms with Gasteiger partial charge in [-0.25, -0.2) is 10.8 Å². The van der Waals surface area contributed by atoms with Gasteiger partial charge in [0.2, 0.25) is 0 Å². The molecule has 0 saturated heterocycles. The molecular formula is C13H13Cl2N3S. The fraction of sp³-hybridized carbons (Fsp3) is 0.154. The minimum Gasteiger partial charge on any atom is -0.307 e. The molecular weight excluding hydrogens is 301 g/mol. The zero-order valence-corrected chi connectivity index (χ0v) is 12.8. The summed E-state index contributed by atoms with van der Waals surface area (Å²) in [4.78, 5) is 5.37. The molecule has 0 aliphatic carbocycles. The first-order valence-corrected chi connectivity index (χ1v) is 7.16. The average molecular weight is 314 g/mol. The molecule has 1 aromatic carbocycles. The van der Waals surface area contributed by atoms with Gasteiger partial charge in [0.25, 0.3) is 0 Å². The second kappa shape index (κ2) is 6.01. The van der Waals surface area contributed by atoms with Crippen LogP contribution in [-0.4, -0.2) is 4.98 Å². The number of pyridine rings is 1. The van der Waals surface area contributed by atoms with Crippen molar-refractivity contribution in [1.82, 2.24) is 4.98 Å². The fourth-order valence-corrected chi connectivity index (χ4v) is 2.93. The molecule has 0 bridgehead atoms. The molecule has 0 aliphatic heterocycles. The molecule has 0 fully saturated rings. The van der Waals surface area contributed by atoms with Crippen LogP contribution in [0.5, 0.6) is 0 Å². The zero-order chi connectivity index (χ0) is 14.0. The smallest absolute Gasteiger partial charge is 0.160 e. The van der Waals surface area contributed by atoms with E-state index in [4.69, 9.17) is 29.0 Å². The molecule has 100 valence electrons. The molecule has 0 aliphatic rings. The van der Waals surface area contributed by atoms with Crippen molar-refractivity contribution in [3.8, 4) is 0 Å². The first-order valence-electron chi connectivity index (χ1n) is 5.59. The van der Waals surface area contributed by atoms with E-state index < -0.39 is 0 Å². The summed E-state index contributed by atoms with van der Waals surface area (Å²) in [6, 6.07) is 7.84. The van der Waals surface area contributed by atoms with Crippen molar-refractivity contribution < 1.29 is 0 Å². The van der Waals surface area contributed by atoms with Gasteiger partial charge in [-0.2, -0.15) is 0 Å². The molecule has 6 heteroatoms. The highest BCUT2D eigenvalue weighted by molar-refractivity contribution is 7.99. The van der Waals surface area contributed by atoms with Crippen LogP contribution in [0.2, 0.25) is 10.0 Å². The molecule has 0 unspecified atom stereocenters. The van der Waals surface area contributed by atoms with E-state index in [0.29, 0.717) is 20.9 Å². The van der Waals surface area contributed by atoms with E-state index in [2.05, 4.69) is 36.4 Å². The molecule has 0 amide bonds. The number of hydrogen-bond acceptors (Lipinski definition) is 4. The Labute approximate surface area is 126 Å². The van der Waals surface area contributed by atoms with E-state index in [1.807, 2.05) is 6.07 Å². The van der Waals surface area contributed by atoms with Crippen molar-refractivity contribution in [2.45, 2.75) is 23.8 Å². The Hall–Kier alpha value is -0.940. The third-order valence-corrected chi connectivity index (χ3v) is 4.41. The quantitative estimate of drug-likeness (QED) is 0.649. The number of hydrogen-bond donors (Lipinski definition) is 2. The molecule has 1 aromatic heterocycles. The highest BCUT2D eigenvalue weighted by Crippen LogP contribution is 2.36. The Morgan fingerprint density at radius 3 is 2.47 bits per heavy atom. The number of nitrogens with one attached hydrogen (secondary N) is 1. The van der Waals surface area contributed by atoms with E-state index in [1.54, 1.807) is 6.07 Å². The Kier molecular flexibility index (Phi) is 4.58. The third kappa shape index (κ3) is 3.34. The highest BCUT2D eigenvalue weighted by Gasteiger charge is 2.10. The van der Waals surface area contributed by atoms with Crippen molar-refractivity contribution in [2.75, 3.05) is 5.43 Å². The predicted molar refractivity (Wildman–Crippen MR) is 82.1 cm³/mol. The van der Waals surface area contributed by atoms with Gasteiger partial charge in [0, 0.05) is 4.90 Å². The van der Waals surface area contributed by atoms with E-state index >= 15 is 0 Å². The number of anilines is 1. The molecule has 19 heavy (non-hydrogen) atoms. The summed E-state index contributed by atoms with van der Waals surface area (Å²) in [6.45, 7) is 4.15. The monoisotopic (exact) mass is 313 g/mol. The van der Waals surface area contributed by atoms with Crippen LogP contribution >= 0.6 is 35.0 Å². The van der Waals surface area contributed by atoms with Crippen molar-refractivity contribution in [3.05, 3.63) is 45.4 Å². The van der Waals surface area contributed by atoms with Gasteiger partial charge in [-0.3, -0.25) is 0 Å². The summed E-state index contributed by atoms with van der Waals surface area (Å²) >= 11 is 13.6. The number of nitrogens with two attached hydrogens (primary N) is 1. The van der Waals surface area contributed by atoms with Crippen molar-refractivity contribution in [2.24, 2.45) is 5.84 Å². The lowest BCUT2D eigenvalue weighted by Gasteiger charge is -2.09. The number of nitrogen functional groups attached to an aromatic ring is 1. The van der Waals surface area contributed by atoms with Crippen molar-refractivity contribution in [1.29, 1.82) is 0 Å². The van der Waals surface area contributed by atoms with Gasteiger partial charge in [-0.15, -0.1) is 0 Å². The maximum absolute atomic E-state index is 6.14. The van der Waals surface area contributed by atoms with Gasteiger partial charge in [0.1, 0.15) is 5.03 Å². The summed E-state index contributed by atoms with van der Waals surface area (Å²) in [5, 5.41) is 1.58. The predicted octanol–water partition coefficient (Wildman–Crippen LogP) is 4.44. The van der Waals surface area contributed by atoms with Crippen LogP contribution in [0.4, 0.5) is 5.82 Å². The molecule has 3 nitrogen and oxygen atoms in total. The first-order chi connectivity index (χ1) is 9.01. The molecule has 2 aromatic rings. The minimum absolute atomic E-state index is 0.400. The van der Waals surface area contributed by atoms with Crippen molar-refractivity contribution >= 4 is 40.8 Å². The van der Waals surface area contributed by atoms with Gasteiger partial charge in [0.15, 0.2) is 5.82 Å². The largest absolute Gasteiger partial charge is 0.307 e. The normalized spacial score (nSPS) is 10.6. The maximum atomic E-state index is 6.14. The number of halogens is 2. The first kappa shape index (κ1) is 14.5. The molecule has 1 heterocycles. The lowest BCUT2D eigenvalue weighted by atomic mass is 10.1. The van der Waals surface area contributed by atoms with Crippen LogP contribution in [0.1, 0.15) is 11.1 Å². The Morgan fingerprint density at radius 1 is 1.11 bits per heavy atom.